The second-order valence-corrected chi connectivity index (χ2v) is 2.58. The van der Waals surface area contributed by atoms with Crippen molar-refractivity contribution in [3.8, 4) is 0 Å². The van der Waals surface area contributed by atoms with Crippen LogP contribution in [0, 0.1) is 0 Å². The Kier molecular flexibility index (Phi) is 9.43. The predicted molar refractivity (Wildman–Crippen MR) is 43.0 cm³/mol. The van der Waals surface area contributed by atoms with Crippen molar-refractivity contribution in [3.63, 3.8) is 0 Å². The molecular formula is C3H7BF4S2. The zero-order valence-electron chi connectivity index (χ0n) is 4.99. The van der Waals surface area contributed by atoms with E-state index in [0.29, 0.717) is 0 Å². The van der Waals surface area contributed by atoms with Gasteiger partial charge in [0.1, 0.15) is 0 Å². The van der Waals surface area contributed by atoms with Crippen LogP contribution in [-0.4, -0.2) is 13.0 Å². The molecule has 0 aliphatic rings. The molecule has 0 unspecified atom stereocenters. The minimum absolute atomic E-state index is 0.983. The molecule has 0 atom stereocenters. The summed E-state index contributed by atoms with van der Waals surface area (Å²) < 4.78 is 39.0. The van der Waals surface area contributed by atoms with E-state index < -0.39 is 7.25 Å². The summed E-state index contributed by atoms with van der Waals surface area (Å²) in [5.74, 6) is 0.983. The highest BCUT2D eigenvalue weighted by Crippen LogP contribution is 2.06. The third-order valence-electron chi connectivity index (χ3n) is 0.201. The van der Waals surface area contributed by atoms with Gasteiger partial charge in [-0.3, -0.25) is 0 Å². The predicted octanol–water partition coefficient (Wildman–Crippen LogP) is 2.13. The molecule has 0 N–H and O–H groups in total. The van der Waals surface area contributed by atoms with Crippen molar-refractivity contribution in [3.05, 3.63) is 12.7 Å². The molecule has 0 heterocycles. The van der Waals surface area contributed by atoms with Crippen molar-refractivity contribution in [2.75, 3.05) is 5.75 Å². The maximum atomic E-state index is 9.75. The van der Waals surface area contributed by atoms with Crippen LogP contribution in [0.5, 0.6) is 0 Å². The fraction of sp³-hybridized carbons (Fsp3) is 0.333. The lowest BCUT2D eigenvalue weighted by molar-refractivity contribution is 0.368. The van der Waals surface area contributed by atoms with Crippen LogP contribution in [0.25, 0.3) is 0 Å². The SMILES string of the molecule is C=CCS[SH2+].F[B-](F)(F)F. The van der Waals surface area contributed by atoms with Gasteiger partial charge in [0.2, 0.25) is 0 Å². The monoisotopic (exact) mass is 194 g/mol. The molecule has 0 bridgehead atoms. The molecule has 0 fully saturated rings. The lowest BCUT2D eigenvalue weighted by Gasteiger charge is -1.94. The van der Waals surface area contributed by atoms with Gasteiger partial charge >= 0.3 is 7.25 Å². The summed E-state index contributed by atoms with van der Waals surface area (Å²) in [5, 5.41) is 0. The molecule has 0 aliphatic carbocycles. The van der Waals surface area contributed by atoms with Gasteiger partial charge in [-0.25, -0.2) is 0 Å². The highest BCUT2D eigenvalue weighted by molar-refractivity contribution is 8.59. The number of hydrogen-bond acceptors (Lipinski definition) is 1. The van der Waals surface area contributed by atoms with Gasteiger partial charge in [-0.1, -0.05) is 6.08 Å². The van der Waals surface area contributed by atoms with E-state index in [-0.39, 0.29) is 0 Å². The Hall–Kier alpha value is 0.225. The summed E-state index contributed by atoms with van der Waals surface area (Å²) in [6, 6.07) is 0. The minimum atomic E-state index is -6.00. The van der Waals surface area contributed by atoms with Crippen LogP contribution < -0.4 is 0 Å². The van der Waals surface area contributed by atoms with Crippen LogP contribution in [0.1, 0.15) is 0 Å². The first-order valence-corrected chi connectivity index (χ1v) is 4.39. The zero-order chi connectivity index (χ0) is 8.62. The van der Waals surface area contributed by atoms with E-state index >= 15 is 0 Å². The summed E-state index contributed by atoms with van der Waals surface area (Å²) in [5.41, 5.74) is 0. The van der Waals surface area contributed by atoms with E-state index in [1.165, 1.54) is 0 Å². The smallest absolute Gasteiger partial charge is 0.418 e. The van der Waals surface area contributed by atoms with Crippen molar-refractivity contribution in [2.24, 2.45) is 0 Å². The first kappa shape index (κ1) is 12.9. The van der Waals surface area contributed by atoms with E-state index in [1.807, 2.05) is 6.08 Å². The average Bonchev–Trinajstić information content (AvgIpc) is 1.63. The van der Waals surface area contributed by atoms with Crippen LogP contribution in [0.15, 0.2) is 12.7 Å². The first-order valence-electron chi connectivity index (χ1n) is 2.18. The highest BCUT2D eigenvalue weighted by Gasteiger charge is 2.20. The molecule has 0 aromatic heterocycles. The van der Waals surface area contributed by atoms with Crippen LogP contribution >= 0.6 is 10.8 Å². The highest BCUT2D eigenvalue weighted by atomic mass is 33.1. The Morgan fingerprint density at radius 1 is 1.40 bits per heavy atom. The third-order valence-corrected chi connectivity index (χ3v) is 1.10. The summed E-state index contributed by atoms with van der Waals surface area (Å²) in [6.45, 7) is 3.50. The molecule has 10 heavy (non-hydrogen) atoms. The van der Waals surface area contributed by atoms with Gasteiger partial charge in [0.25, 0.3) is 0 Å². The lowest BCUT2D eigenvalue weighted by Crippen LogP contribution is -2.02. The average molecular weight is 194 g/mol. The molecule has 0 aromatic carbocycles. The Balaban J connectivity index is 0. The molecular weight excluding hydrogens is 187 g/mol. The molecule has 0 aliphatic heterocycles. The van der Waals surface area contributed by atoms with Crippen molar-refractivity contribution in [1.82, 2.24) is 0 Å². The Morgan fingerprint density at radius 2 is 1.70 bits per heavy atom. The molecule has 0 aromatic rings. The van der Waals surface area contributed by atoms with Gasteiger partial charge in [0.15, 0.2) is 0 Å². The number of halogens is 4. The van der Waals surface area contributed by atoms with Crippen LogP contribution in [-0.2, 0) is 11.7 Å². The van der Waals surface area contributed by atoms with Gasteiger partial charge in [-0.15, -0.1) is 6.58 Å². The summed E-state index contributed by atoms with van der Waals surface area (Å²) in [7, 11) is -4.41. The standard InChI is InChI=1S/C3H6S2.BF4/c1-2-3-5-4;2-1(3,4)5/h2,4H,1,3H2;/q;-1/p+1. The molecule has 0 saturated carbocycles. The second-order valence-electron chi connectivity index (χ2n) is 1.09. The normalized spacial score (nSPS) is 9.70. The summed E-state index contributed by atoms with van der Waals surface area (Å²) in [4.78, 5) is 0. The molecule has 0 spiro atoms. The van der Waals surface area contributed by atoms with Crippen molar-refractivity contribution < 1.29 is 17.3 Å². The maximum absolute atomic E-state index is 9.75. The number of hydrogen-bond donors (Lipinski definition) is 0. The minimum Gasteiger partial charge on any atom is -0.418 e. The van der Waals surface area contributed by atoms with Gasteiger partial charge in [0.05, 0.1) is 16.5 Å². The van der Waals surface area contributed by atoms with Crippen molar-refractivity contribution in [1.29, 1.82) is 0 Å². The van der Waals surface area contributed by atoms with Gasteiger partial charge < -0.3 is 17.3 Å². The molecule has 7 heteroatoms. The molecule has 0 nitrogen and oxygen atoms in total. The third kappa shape index (κ3) is 86.7. The maximum Gasteiger partial charge on any atom is 0.673 e. The van der Waals surface area contributed by atoms with Gasteiger partial charge in [-0.2, -0.15) is 0 Å². The van der Waals surface area contributed by atoms with Crippen LogP contribution in [0.3, 0.4) is 0 Å². The molecule has 62 valence electrons. The van der Waals surface area contributed by atoms with Gasteiger partial charge in [-0.05, 0) is 0 Å². The van der Waals surface area contributed by atoms with Crippen LogP contribution in [0.2, 0.25) is 0 Å². The zero-order valence-corrected chi connectivity index (χ0v) is 6.81. The molecule has 0 amide bonds. The fourth-order valence-corrected chi connectivity index (χ4v) is 0.530. The summed E-state index contributed by atoms with van der Waals surface area (Å²) >= 11 is 3.20. The van der Waals surface area contributed by atoms with E-state index in [4.69, 9.17) is 0 Å². The topological polar surface area (TPSA) is 0 Å². The van der Waals surface area contributed by atoms with Gasteiger partial charge in [0, 0.05) is 11.7 Å². The Bertz CT molecular complexity index is 77.1. The molecule has 0 saturated heterocycles. The largest absolute Gasteiger partial charge is 0.673 e. The van der Waals surface area contributed by atoms with Crippen LogP contribution in [0.4, 0.5) is 17.3 Å². The Labute approximate surface area is 66.0 Å². The Morgan fingerprint density at radius 3 is 1.70 bits per heavy atom. The molecule has 0 radical (unpaired) electrons. The van der Waals surface area contributed by atoms with Crippen molar-refractivity contribution in [2.45, 2.75) is 0 Å². The van der Waals surface area contributed by atoms with Crippen molar-refractivity contribution >= 4 is 29.7 Å². The fourth-order valence-electron chi connectivity index (χ4n) is 0.0589. The lowest BCUT2D eigenvalue weighted by atomic mass is 10.3. The summed E-state index contributed by atoms with van der Waals surface area (Å²) in [6.07, 6.45) is 1.84. The quantitative estimate of drug-likeness (QED) is 0.213. The van der Waals surface area contributed by atoms with E-state index in [2.05, 4.69) is 18.2 Å². The second kappa shape index (κ2) is 7.33. The van der Waals surface area contributed by atoms with E-state index in [9.17, 15) is 17.3 Å². The molecule has 0 rings (SSSR count). The first-order chi connectivity index (χ1) is 4.41. The van der Waals surface area contributed by atoms with E-state index in [1.54, 1.807) is 10.8 Å². The van der Waals surface area contributed by atoms with E-state index in [0.717, 1.165) is 5.75 Å². The number of rotatable bonds is 2.